The van der Waals surface area contributed by atoms with Crippen LogP contribution in [0.1, 0.15) is 5.69 Å². The first kappa shape index (κ1) is 11.0. The van der Waals surface area contributed by atoms with Gasteiger partial charge in [-0.05, 0) is 47.1 Å². The van der Waals surface area contributed by atoms with Crippen LogP contribution in [0.4, 0.5) is 10.3 Å². The molecule has 0 aliphatic rings. The van der Waals surface area contributed by atoms with Crippen LogP contribution in [0.3, 0.4) is 0 Å². The molecule has 0 saturated carbocycles. The third-order valence-electron chi connectivity index (χ3n) is 2.09. The van der Waals surface area contributed by atoms with Gasteiger partial charge < -0.3 is 5.73 Å². The first-order chi connectivity index (χ1) is 7.56. The maximum Gasteiger partial charge on any atom is 0.220 e. The molecular formula is C11H9BrFN3. The Kier molecular flexibility index (Phi) is 2.87. The Morgan fingerprint density at radius 2 is 2.00 bits per heavy atom. The van der Waals surface area contributed by atoms with Gasteiger partial charge in [-0.25, -0.2) is 14.4 Å². The highest BCUT2D eigenvalue weighted by atomic mass is 79.9. The van der Waals surface area contributed by atoms with Gasteiger partial charge >= 0.3 is 0 Å². The molecule has 0 unspecified atom stereocenters. The maximum absolute atomic E-state index is 13.1. The van der Waals surface area contributed by atoms with E-state index in [0.29, 0.717) is 10.2 Å². The third-order valence-corrected chi connectivity index (χ3v) is 2.69. The summed E-state index contributed by atoms with van der Waals surface area (Å²) < 4.78 is 13.5. The average molecular weight is 282 g/mol. The number of rotatable bonds is 1. The molecule has 0 spiro atoms. The van der Waals surface area contributed by atoms with Crippen molar-refractivity contribution in [3.8, 4) is 11.3 Å². The average Bonchev–Trinajstić information content (AvgIpc) is 2.20. The molecule has 2 aromatic rings. The van der Waals surface area contributed by atoms with Crippen molar-refractivity contribution in [2.75, 3.05) is 5.73 Å². The van der Waals surface area contributed by atoms with E-state index in [1.807, 2.05) is 6.92 Å². The number of aryl methyl sites for hydroxylation is 1. The molecule has 0 atom stereocenters. The summed E-state index contributed by atoms with van der Waals surface area (Å²) >= 11 is 3.13. The summed E-state index contributed by atoms with van der Waals surface area (Å²) in [6.45, 7) is 1.83. The Balaban J connectivity index is 2.54. The van der Waals surface area contributed by atoms with Crippen LogP contribution in [0, 0.1) is 12.7 Å². The molecule has 0 saturated heterocycles. The quantitative estimate of drug-likeness (QED) is 0.874. The number of aromatic nitrogens is 2. The predicted octanol–water partition coefficient (Wildman–Crippen LogP) is 2.94. The van der Waals surface area contributed by atoms with Crippen LogP contribution in [0.5, 0.6) is 0 Å². The fourth-order valence-electron chi connectivity index (χ4n) is 1.39. The Labute approximate surface area is 101 Å². The lowest BCUT2D eigenvalue weighted by Gasteiger charge is -2.04. The number of nitrogens with two attached hydrogens (primary N) is 1. The van der Waals surface area contributed by atoms with E-state index < -0.39 is 0 Å². The lowest BCUT2D eigenvalue weighted by Crippen LogP contribution is -1.98. The zero-order chi connectivity index (χ0) is 11.7. The SMILES string of the molecule is Cc1cc(-c2ccc(F)c(Br)c2)nc(N)n1. The number of benzene rings is 1. The van der Waals surface area contributed by atoms with Gasteiger partial charge in [0.05, 0.1) is 10.2 Å². The number of hydrogen-bond acceptors (Lipinski definition) is 3. The maximum atomic E-state index is 13.1. The fraction of sp³-hybridized carbons (Fsp3) is 0.0909. The molecular weight excluding hydrogens is 273 g/mol. The van der Waals surface area contributed by atoms with Crippen molar-refractivity contribution in [1.29, 1.82) is 0 Å². The largest absolute Gasteiger partial charge is 0.368 e. The summed E-state index contributed by atoms with van der Waals surface area (Å²) in [6, 6.07) is 6.50. The lowest BCUT2D eigenvalue weighted by molar-refractivity contribution is 0.621. The smallest absolute Gasteiger partial charge is 0.220 e. The molecule has 0 radical (unpaired) electrons. The van der Waals surface area contributed by atoms with E-state index in [0.717, 1.165) is 11.3 Å². The normalized spacial score (nSPS) is 10.4. The van der Waals surface area contributed by atoms with Crippen molar-refractivity contribution in [2.24, 2.45) is 0 Å². The lowest BCUT2D eigenvalue weighted by atomic mass is 10.1. The van der Waals surface area contributed by atoms with Crippen LogP contribution >= 0.6 is 15.9 Å². The molecule has 0 aliphatic carbocycles. The highest BCUT2D eigenvalue weighted by molar-refractivity contribution is 9.10. The summed E-state index contributed by atoms with van der Waals surface area (Å²) in [5.41, 5.74) is 7.82. The molecule has 0 bridgehead atoms. The fourth-order valence-corrected chi connectivity index (χ4v) is 1.77. The van der Waals surface area contributed by atoms with Crippen LogP contribution in [0.25, 0.3) is 11.3 Å². The second kappa shape index (κ2) is 4.17. The first-order valence-electron chi connectivity index (χ1n) is 4.63. The highest BCUT2D eigenvalue weighted by Gasteiger charge is 2.05. The van der Waals surface area contributed by atoms with Gasteiger partial charge in [0.2, 0.25) is 5.95 Å². The molecule has 16 heavy (non-hydrogen) atoms. The predicted molar refractivity (Wildman–Crippen MR) is 64.3 cm³/mol. The molecule has 1 heterocycles. The van der Waals surface area contributed by atoms with Crippen molar-refractivity contribution < 1.29 is 4.39 Å². The minimum atomic E-state index is -0.303. The van der Waals surface area contributed by atoms with Gasteiger partial charge in [-0.15, -0.1) is 0 Å². The molecule has 0 fully saturated rings. The number of hydrogen-bond donors (Lipinski definition) is 1. The Hall–Kier alpha value is -1.49. The third kappa shape index (κ3) is 2.19. The molecule has 82 valence electrons. The number of nitrogen functional groups attached to an aromatic ring is 1. The zero-order valence-corrected chi connectivity index (χ0v) is 10.1. The number of anilines is 1. The van der Waals surface area contributed by atoms with Crippen LogP contribution in [-0.2, 0) is 0 Å². The van der Waals surface area contributed by atoms with Gasteiger partial charge in [0.15, 0.2) is 0 Å². The molecule has 0 aliphatic heterocycles. The van der Waals surface area contributed by atoms with Crippen molar-refractivity contribution >= 4 is 21.9 Å². The van der Waals surface area contributed by atoms with Gasteiger partial charge in [-0.3, -0.25) is 0 Å². The highest BCUT2D eigenvalue weighted by Crippen LogP contribution is 2.24. The van der Waals surface area contributed by atoms with E-state index >= 15 is 0 Å². The topological polar surface area (TPSA) is 51.8 Å². The molecule has 2 N–H and O–H groups in total. The summed E-state index contributed by atoms with van der Waals surface area (Å²) in [5, 5.41) is 0. The zero-order valence-electron chi connectivity index (χ0n) is 8.54. The summed E-state index contributed by atoms with van der Waals surface area (Å²) in [4.78, 5) is 8.08. The van der Waals surface area contributed by atoms with Crippen molar-refractivity contribution in [2.45, 2.75) is 6.92 Å². The molecule has 1 aromatic carbocycles. The summed E-state index contributed by atoms with van der Waals surface area (Å²) in [5.74, 6) is -0.0852. The van der Waals surface area contributed by atoms with Gasteiger partial charge in [0, 0.05) is 11.3 Å². The van der Waals surface area contributed by atoms with E-state index in [1.165, 1.54) is 6.07 Å². The van der Waals surface area contributed by atoms with Crippen LogP contribution in [0.2, 0.25) is 0 Å². The van der Waals surface area contributed by atoms with E-state index in [9.17, 15) is 4.39 Å². The molecule has 0 amide bonds. The van der Waals surface area contributed by atoms with Crippen LogP contribution < -0.4 is 5.73 Å². The van der Waals surface area contributed by atoms with E-state index in [-0.39, 0.29) is 11.8 Å². The Morgan fingerprint density at radius 1 is 1.25 bits per heavy atom. The van der Waals surface area contributed by atoms with E-state index in [4.69, 9.17) is 5.73 Å². The van der Waals surface area contributed by atoms with Gasteiger partial charge in [-0.1, -0.05) is 0 Å². The van der Waals surface area contributed by atoms with E-state index in [1.54, 1.807) is 18.2 Å². The minimum absolute atomic E-state index is 0.218. The second-order valence-corrected chi connectivity index (χ2v) is 4.24. The van der Waals surface area contributed by atoms with Gasteiger partial charge in [-0.2, -0.15) is 0 Å². The monoisotopic (exact) mass is 281 g/mol. The van der Waals surface area contributed by atoms with Gasteiger partial charge in [0.1, 0.15) is 5.82 Å². The van der Waals surface area contributed by atoms with Gasteiger partial charge in [0.25, 0.3) is 0 Å². The molecule has 2 rings (SSSR count). The second-order valence-electron chi connectivity index (χ2n) is 3.38. The van der Waals surface area contributed by atoms with Crippen molar-refractivity contribution in [3.63, 3.8) is 0 Å². The summed E-state index contributed by atoms with van der Waals surface area (Å²) in [7, 11) is 0. The van der Waals surface area contributed by atoms with Crippen LogP contribution in [0.15, 0.2) is 28.7 Å². The van der Waals surface area contributed by atoms with Crippen molar-refractivity contribution in [3.05, 3.63) is 40.2 Å². The van der Waals surface area contributed by atoms with Crippen LogP contribution in [-0.4, -0.2) is 9.97 Å². The number of halogens is 2. The number of nitrogens with zero attached hydrogens (tertiary/aromatic N) is 2. The molecule has 5 heteroatoms. The minimum Gasteiger partial charge on any atom is -0.368 e. The first-order valence-corrected chi connectivity index (χ1v) is 5.42. The molecule has 3 nitrogen and oxygen atoms in total. The Morgan fingerprint density at radius 3 is 2.62 bits per heavy atom. The van der Waals surface area contributed by atoms with Crippen molar-refractivity contribution in [1.82, 2.24) is 9.97 Å². The standard InChI is InChI=1S/C11H9BrFN3/c1-6-4-10(16-11(14)15-6)7-2-3-9(13)8(12)5-7/h2-5H,1H3,(H2,14,15,16). The van der Waals surface area contributed by atoms with E-state index in [2.05, 4.69) is 25.9 Å². The molecule has 1 aromatic heterocycles. The Bertz CT molecular complexity index is 522. The summed E-state index contributed by atoms with van der Waals surface area (Å²) in [6.07, 6.45) is 0.